The van der Waals surface area contributed by atoms with E-state index >= 15 is 0 Å². The Morgan fingerprint density at radius 2 is 1.96 bits per heavy atom. The van der Waals surface area contributed by atoms with E-state index in [9.17, 15) is 9.59 Å². The van der Waals surface area contributed by atoms with Gasteiger partial charge in [-0.05, 0) is 55.7 Å². The Balaban J connectivity index is 1.60. The van der Waals surface area contributed by atoms with Crippen molar-refractivity contribution in [2.45, 2.75) is 40.0 Å². The molecule has 0 bridgehead atoms. The van der Waals surface area contributed by atoms with Crippen LogP contribution in [0.3, 0.4) is 0 Å². The van der Waals surface area contributed by atoms with Crippen molar-refractivity contribution in [3.8, 4) is 0 Å². The van der Waals surface area contributed by atoms with Gasteiger partial charge in [-0.2, -0.15) is 0 Å². The Morgan fingerprint density at radius 3 is 2.68 bits per heavy atom. The van der Waals surface area contributed by atoms with Crippen molar-refractivity contribution < 1.29 is 9.59 Å². The van der Waals surface area contributed by atoms with Crippen LogP contribution in [-0.2, 0) is 17.6 Å². The summed E-state index contributed by atoms with van der Waals surface area (Å²) in [6, 6.07) is 5.88. The number of rotatable bonds is 4. The van der Waals surface area contributed by atoms with Gasteiger partial charge in [0.05, 0.1) is 12.1 Å². The number of anilines is 1. The monoisotopic (exact) mass is 356 g/mol. The topological polar surface area (TPSA) is 58.2 Å². The highest BCUT2D eigenvalue weighted by Crippen LogP contribution is 2.32. The summed E-state index contributed by atoms with van der Waals surface area (Å²) in [4.78, 5) is 26.0. The summed E-state index contributed by atoms with van der Waals surface area (Å²) in [6.07, 6.45) is 3.13. The maximum Gasteiger partial charge on any atom is 0.252 e. The zero-order valence-corrected chi connectivity index (χ0v) is 15.8. The zero-order chi connectivity index (χ0) is 18.0. The molecule has 0 saturated heterocycles. The van der Waals surface area contributed by atoms with Crippen LogP contribution in [-0.4, -0.2) is 18.4 Å². The molecular weight excluding hydrogens is 332 g/mol. The van der Waals surface area contributed by atoms with Crippen LogP contribution in [0.25, 0.3) is 0 Å². The van der Waals surface area contributed by atoms with Gasteiger partial charge in [0.15, 0.2) is 0 Å². The summed E-state index contributed by atoms with van der Waals surface area (Å²) in [6.45, 7) is 6.15. The first-order chi connectivity index (χ1) is 12.0. The molecule has 1 atom stereocenters. The van der Waals surface area contributed by atoms with Crippen LogP contribution in [0.15, 0.2) is 23.6 Å². The van der Waals surface area contributed by atoms with Crippen molar-refractivity contribution in [3.63, 3.8) is 0 Å². The van der Waals surface area contributed by atoms with Crippen LogP contribution in [0.2, 0.25) is 0 Å². The second-order valence-electron chi connectivity index (χ2n) is 6.90. The van der Waals surface area contributed by atoms with E-state index < -0.39 is 0 Å². The summed E-state index contributed by atoms with van der Waals surface area (Å²) in [7, 11) is 0. The first-order valence-electron chi connectivity index (χ1n) is 8.69. The number of benzene rings is 1. The second-order valence-corrected chi connectivity index (χ2v) is 7.86. The number of nitrogens with one attached hydrogen (secondary N) is 2. The number of fused-ring (bicyclic) bond motifs is 1. The van der Waals surface area contributed by atoms with Gasteiger partial charge in [-0.1, -0.05) is 25.1 Å². The molecule has 0 radical (unpaired) electrons. The maximum absolute atomic E-state index is 12.5. The summed E-state index contributed by atoms with van der Waals surface area (Å²) < 4.78 is 0. The highest BCUT2D eigenvalue weighted by molar-refractivity contribution is 7.10. The lowest BCUT2D eigenvalue weighted by Gasteiger charge is -2.18. The fraction of sp³-hybridized carbons (Fsp3) is 0.400. The molecule has 1 unspecified atom stereocenters. The molecule has 2 N–H and O–H groups in total. The van der Waals surface area contributed by atoms with E-state index in [1.54, 1.807) is 11.3 Å². The third-order valence-corrected chi connectivity index (χ3v) is 5.85. The van der Waals surface area contributed by atoms with Crippen molar-refractivity contribution >= 4 is 28.8 Å². The van der Waals surface area contributed by atoms with Gasteiger partial charge in [-0.25, -0.2) is 0 Å². The van der Waals surface area contributed by atoms with E-state index in [1.165, 1.54) is 10.4 Å². The first-order valence-corrected chi connectivity index (χ1v) is 9.57. The molecule has 1 aromatic carbocycles. The third kappa shape index (κ3) is 3.93. The van der Waals surface area contributed by atoms with E-state index in [2.05, 4.69) is 17.6 Å². The summed E-state index contributed by atoms with van der Waals surface area (Å²) >= 11 is 1.66. The van der Waals surface area contributed by atoms with E-state index in [4.69, 9.17) is 0 Å². The van der Waals surface area contributed by atoms with Gasteiger partial charge in [-0.3, -0.25) is 9.59 Å². The molecular formula is C20H24N2O2S. The Morgan fingerprint density at radius 1 is 1.24 bits per heavy atom. The maximum atomic E-state index is 12.5. The average molecular weight is 356 g/mol. The largest absolute Gasteiger partial charge is 0.343 e. The van der Waals surface area contributed by atoms with E-state index in [0.717, 1.165) is 41.6 Å². The van der Waals surface area contributed by atoms with Gasteiger partial charge < -0.3 is 10.6 Å². The minimum atomic E-state index is -0.205. The number of hydrogen-bond acceptors (Lipinski definition) is 3. The molecule has 2 aromatic rings. The van der Waals surface area contributed by atoms with Crippen molar-refractivity contribution in [3.05, 3.63) is 50.7 Å². The number of aryl methyl sites for hydroxylation is 2. The van der Waals surface area contributed by atoms with Gasteiger partial charge in [0.25, 0.3) is 5.91 Å². The molecule has 25 heavy (non-hydrogen) atoms. The van der Waals surface area contributed by atoms with Gasteiger partial charge in [-0.15, -0.1) is 11.3 Å². The standard InChI is InChI=1S/C20H24N2O2S/c1-12-7-8-15-16(11-25-17(15)9-12)20(24)21-10-18(23)22-19-13(2)5-4-6-14(19)3/h4-6,11-12H,7-10H2,1-3H3,(H,21,24)(H,22,23). The first kappa shape index (κ1) is 17.7. The number of hydrogen-bond donors (Lipinski definition) is 2. The highest BCUT2D eigenvalue weighted by Gasteiger charge is 2.23. The van der Waals surface area contributed by atoms with Crippen LogP contribution in [0.4, 0.5) is 5.69 Å². The van der Waals surface area contributed by atoms with Crippen molar-refractivity contribution in [2.24, 2.45) is 5.92 Å². The zero-order valence-electron chi connectivity index (χ0n) is 14.9. The van der Waals surface area contributed by atoms with Crippen LogP contribution < -0.4 is 10.6 Å². The molecule has 1 heterocycles. The minimum absolute atomic E-state index is 0.0202. The second kappa shape index (κ2) is 7.40. The van der Waals surface area contributed by atoms with Crippen LogP contribution in [0.5, 0.6) is 0 Å². The Kier molecular flexibility index (Phi) is 5.23. The third-order valence-electron chi connectivity index (χ3n) is 4.80. The Hall–Kier alpha value is -2.14. The van der Waals surface area contributed by atoms with Crippen molar-refractivity contribution in [2.75, 3.05) is 11.9 Å². The molecule has 5 heteroatoms. The predicted molar refractivity (Wildman–Crippen MR) is 102 cm³/mol. The van der Waals surface area contributed by atoms with Gasteiger partial charge in [0, 0.05) is 15.9 Å². The molecule has 0 fully saturated rings. The molecule has 2 amide bonds. The normalized spacial score (nSPS) is 16.2. The molecule has 0 saturated carbocycles. The molecule has 1 aliphatic carbocycles. The Bertz CT molecular complexity index is 790. The van der Waals surface area contributed by atoms with Crippen LogP contribution in [0.1, 0.15) is 45.3 Å². The summed E-state index contributed by atoms with van der Waals surface area (Å²) in [5.74, 6) is 0.331. The van der Waals surface area contributed by atoms with Crippen LogP contribution in [0, 0.1) is 19.8 Å². The number of carbonyl (C=O) groups excluding carboxylic acids is 2. The van der Waals surface area contributed by atoms with Crippen molar-refractivity contribution in [1.82, 2.24) is 5.32 Å². The molecule has 4 nitrogen and oxygen atoms in total. The van der Waals surface area contributed by atoms with E-state index in [-0.39, 0.29) is 18.4 Å². The molecule has 0 spiro atoms. The number of carbonyl (C=O) groups is 2. The number of thiophene rings is 1. The average Bonchev–Trinajstić information content (AvgIpc) is 2.99. The lowest BCUT2D eigenvalue weighted by atomic mass is 9.88. The molecule has 1 aromatic heterocycles. The van der Waals surface area contributed by atoms with Gasteiger partial charge in [0.2, 0.25) is 5.91 Å². The molecule has 132 valence electrons. The van der Waals surface area contributed by atoms with Crippen molar-refractivity contribution in [1.29, 1.82) is 0 Å². The lowest BCUT2D eigenvalue weighted by Crippen LogP contribution is -2.33. The number of para-hydroxylation sites is 1. The molecule has 3 rings (SSSR count). The quantitative estimate of drug-likeness (QED) is 0.874. The fourth-order valence-corrected chi connectivity index (χ4v) is 4.56. The van der Waals surface area contributed by atoms with E-state index in [1.807, 2.05) is 37.4 Å². The van der Waals surface area contributed by atoms with Gasteiger partial charge in [0.1, 0.15) is 0 Å². The summed E-state index contributed by atoms with van der Waals surface area (Å²) in [5, 5.41) is 7.59. The molecule has 1 aliphatic rings. The predicted octanol–water partition coefficient (Wildman–Crippen LogP) is 3.86. The minimum Gasteiger partial charge on any atom is -0.343 e. The summed E-state index contributed by atoms with van der Waals surface area (Å²) in [5.41, 5.74) is 4.77. The van der Waals surface area contributed by atoms with Gasteiger partial charge >= 0.3 is 0 Å². The number of amides is 2. The highest BCUT2D eigenvalue weighted by atomic mass is 32.1. The molecule has 0 aliphatic heterocycles. The SMILES string of the molecule is Cc1cccc(C)c1NC(=O)CNC(=O)c1csc2c1CCC(C)C2. The van der Waals surface area contributed by atoms with E-state index in [0.29, 0.717) is 5.92 Å². The fourth-order valence-electron chi connectivity index (χ4n) is 3.32. The smallest absolute Gasteiger partial charge is 0.252 e. The van der Waals surface area contributed by atoms with Crippen LogP contribution >= 0.6 is 11.3 Å². The Labute approximate surface area is 152 Å². The lowest BCUT2D eigenvalue weighted by molar-refractivity contribution is -0.115.